The number of aromatic nitrogens is 2. The number of benzene rings is 2. The molecule has 0 unspecified atom stereocenters. The van der Waals surface area contributed by atoms with Gasteiger partial charge in [-0.3, -0.25) is 0 Å². The van der Waals surface area contributed by atoms with Crippen molar-refractivity contribution in [1.29, 1.82) is 0 Å². The molecule has 3 aromatic rings. The van der Waals surface area contributed by atoms with Crippen LogP contribution in [0.5, 0.6) is 11.5 Å². The van der Waals surface area contributed by atoms with Crippen LogP contribution < -0.4 is 9.47 Å². The smallest absolute Gasteiger partial charge is 0.243 e. The van der Waals surface area contributed by atoms with Crippen molar-refractivity contribution in [1.82, 2.24) is 14.4 Å². The summed E-state index contributed by atoms with van der Waals surface area (Å²) in [5.74, 6) is 1.03. The topological polar surface area (TPSA) is 94.8 Å². The maximum atomic E-state index is 13.2. The Morgan fingerprint density at radius 1 is 1.06 bits per heavy atom. The second kappa shape index (κ2) is 9.44. The maximum absolute atomic E-state index is 13.2. The third-order valence-corrected chi connectivity index (χ3v) is 6.27. The predicted octanol–water partition coefficient (Wildman–Crippen LogP) is 3.74. The quantitative estimate of drug-likeness (QED) is 0.491. The molecule has 0 fully saturated rings. The first-order valence-electron chi connectivity index (χ1n) is 9.55. The Balaban J connectivity index is 1.88. The standard InChI is InChI=1S/C21H24FN3O5S/c1-14(2)12-25(31(26,27)17-8-6-16(22)7-9-17)13-20-23-21(24-30-20)15-5-10-18(28-3)19(11-15)29-4/h5-11,14H,12-13H2,1-4H3. The van der Waals surface area contributed by atoms with E-state index in [2.05, 4.69) is 10.1 Å². The third kappa shape index (κ3) is 5.20. The number of hydrogen-bond acceptors (Lipinski definition) is 7. The molecule has 0 saturated carbocycles. The minimum Gasteiger partial charge on any atom is -0.493 e. The van der Waals surface area contributed by atoms with Crippen LogP contribution in [0.4, 0.5) is 4.39 Å². The van der Waals surface area contributed by atoms with E-state index in [1.807, 2.05) is 13.8 Å². The summed E-state index contributed by atoms with van der Waals surface area (Å²) in [5, 5.41) is 3.96. The summed E-state index contributed by atoms with van der Waals surface area (Å²) in [7, 11) is -0.826. The van der Waals surface area contributed by atoms with Crippen LogP contribution in [0.3, 0.4) is 0 Å². The molecule has 1 aromatic heterocycles. The summed E-state index contributed by atoms with van der Waals surface area (Å²) < 4.78 is 56.5. The fraction of sp³-hybridized carbons (Fsp3) is 0.333. The van der Waals surface area contributed by atoms with Crippen LogP contribution in [0.2, 0.25) is 0 Å². The Morgan fingerprint density at radius 2 is 1.74 bits per heavy atom. The molecular formula is C21H24FN3O5S. The largest absolute Gasteiger partial charge is 0.493 e. The van der Waals surface area contributed by atoms with Gasteiger partial charge in [0.1, 0.15) is 5.82 Å². The second-order valence-corrected chi connectivity index (χ2v) is 9.16. The van der Waals surface area contributed by atoms with Crippen molar-refractivity contribution < 1.29 is 26.8 Å². The Labute approximate surface area is 180 Å². The van der Waals surface area contributed by atoms with Gasteiger partial charge in [0.15, 0.2) is 11.5 Å². The minimum absolute atomic E-state index is 0.00539. The highest BCUT2D eigenvalue weighted by molar-refractivity contribution is 7.89. The second-order valence-electron chi connectivity index (χ2n) is 7.23. The highest BCUT2D eigenvalue weighted by Crippen LogP contribution is 2.31. The van der Waals surface area contributed by atoms with Gasteiger partial charge in [-0.25, -0.2) is 12.8 Å². The molecule has 0 amide bonds. The van der Waals surface area contributed by atoms with Gasteiger partial charge in [-0.2, -0.15) is 9.29 Å². The van der Waals surface area contributed by atoms with Gasteiger partial charge >= 0.3 is 0 Å². The molecule has 0 spiro atoms. The summed E-state index contributed by atoms with van der Waals surface area (Å²) in [6.45, 7) is 3.91. The molecule has 3 rings (SSSR count). The number of hydrogen-bond donors (Lipinski definition) is 0. The third-order valence-electron chi connectivity index (χ3n) is 4.44. The van der Waals surface area contributed by atoms with Gasteiger partial charge in [-0.1, -0.05) is 19.0 Å². The van der Waals surface area contributed by atoms with Crippen molar-refractivity contribution in [3.63, 3.8) is 0 Å². The lowest BCUT2D eigenvalue weighted by Gasteiger charge is -2.22. The fourth-order valence-electron chi connectivity index (χ4n) is 2.97. The highest BCUT2D eigenvalue weighted by atomic mass is 32.2. The molecule has 0 atom stereocenters. The zero-order chi connectivity index (χ0) is 22.6. The van der Waals surface area contributed by atoms with Gasteiger partial charge in [-0.05, 0) is 48.4 Å². The Hall–Kier alpha value is -2.98. The van der Waals surface area contributed by atoms with Gasteiger partial charge in [0.25, 0.3) is 0 Å². The van der Waals surface area contributed by atoms with E-state index in [0.717, 1.165) is 12.1 Å². The number of ether oxygens (including phenoxy) is 2. The zero-order valence-electron chi connectivity index (χ0n) is 17.7. The average molecular weight is 450 g/mol. The van der Waals surface area contributed by atoms with E-state index in [0.29, 0.717) is 22.9 Å². The molecule has 0 saturated heterocycles. The lowest BCUT2D eigenvalue weighted by molar-refractivity contribution is 0.298. The molecule has 8 nitrogen and oxygen atoms in total. The molecule has 1 heterocycles. The molecule has 166 valence electrons. The molecule has 0 radical (unpaired) electrons. The Bertz CT molecular complexity index is 1130. The molecule has 10 heteroatoms. The van der Waals surface area contributed by atoms with E-state index in [4.69, 9.17) is 14.0 Å². The van der Waals surface area contributed by atoms with E-state index in [1.165, 1.54) is 30.7 Å². The fourth-order valence-corrected chi connectivity index (χ4v) is 4.53. The molecular weight excluding hydrogens is 425 g/mol. The SMILES string of the molecule is COc1ccc(-c2noc(CN(CC(C)C)S(=O)(=O)c3ccc(F)cc3)n2)cc1OC. The monoisotopic (exact) mass is 449 g/mol. The molecule has 0 bridgehead atoms. The van der Waals surface area contributed by atoms with Gasteiger partial charge in [0.2, 0.25) is 21.7 Å². The lowest BCUT2D eigenvalue weighted by Crippen LogP contribution is -2.34. The summed E-state index contributed by atoms with van der Waals surface area (Å²) in [6, 6.07) is 9.87. The lowest BCUT2D eigenvalue weighted by atomic mass is 10.2. The molecule has 0 aliphatic rings. The normalized spacial score (nSPS) is 11.8. The first-order valence-corrected chi connectivity index (χ1v) is 11.0. The summed E-state index contributed by atoms with van der Waals surface area (Å²) in [5.41, 5.74) is 0.629. The van der Waals surface area contributed by atoms with Crippen molar-refractivity contribution >= 4 is 10.0 Å². The van der Waals surface area contributed by atoms with Crippen molar-refractivity contribution in [3.05, 3.63) is 54.2 Å². The summed E-state index contributed by atoms with van der Waals surface area (Å²) >= 11 is 0. The van der Waals surface area contributed by atoms with E-state index >= 15 is 0 Å². The minimum atomic E-state index is -3.88. The number of methoxy groups -OCH3 is 2. The summed E-state index contributed by atoms with van der Waals surface area (Å²) in [6.07, 6.45) is 0. The Morgan fingerprint density at radius 3 is 2.35 bits per heavy atom. The number of rotatable bonds is 9. The van der Waals surface area contributed by atoms with Gasteiger partial charge < -0.3 is 14.0 Å². The number of halogens is 1. The van der Waals surface area contributed by atoms with Crippen LogP contribution in [0.1, 0.15) is 19.7 Å². The predicted molar refractivity (Wildman–Crippen MR) is 112 cm³/mol. The molecule has 31 heavy (non-hydrogen) atoms. The molecule has 0 N–H and O–H groups in total. The van der Waals surface area contributed by atoms with Gasteiger partial charge in [-0.15, -0.1) is 0 Å². The van der Waals surface area contributed by atoms with Crippen LogP contribution >= 0.6 is 0 Å². The number of nitrogens with zero attached hydrogens (tertiary/aromatic N) is 3. The van der Waals surface area contributed by atoms with Crippen LogP contribution in [0, 0.1) is 11.7 Å². The van der Waals surface area contributed by atoms with E-state index in [9.17, 15) is 12.8 Å². The van der Waals surface area contributed by atoms with Gasteiger partial charge in [0, 0.05) is 12.1 Å². The van der Waals surface area contributed by atoms with Gasteiger partial charge in [0.05, 0.1) is 25.7 Å². The first-order chi connectivity index (χ1) is 14.7. The van der Waals surface area contributed by atoms with Crippen LogP contribution in [-0.2, 0) is 16.6 Å². The molecule has 2 aromatic carbocycles. The molecule has 0 aliphatic carbocycles. The summed E-state index contributed by atoms with van der Waals surface area (Å²) in [4.78, 5) is 4.33. The zero-order valence-corrected chi connectivity index (χ0v) is 18.5. The van der Waals surface area contributed by atoms with Crippen molar-refractivity contribution in [2.45, 2.75) is 25.3 Å². The highest BCUT2D eigenvalue weighted by Gasteiger charge is 2.27. The van der Waals surface area contributed by atoms with E-state index in [1.54, 1.807) is 18.2 Å². The van der Waals surface area contributed by atoms with Crippen molar-refractivity contribution in [3.8, 4) is 22.9 Å². The maximum Gasteiger partial charge on any atom is 0.243 e. The van der Waals surface area contributed by atoms with Crippen LogP contribution in [0.25, 0.3) is 11.4 Å². The van der Waals surface area contributed by atoms with E-state index in [-0.39, 0.29) is 29.8 Å². The number of sulfonamides is 1. The van der Waals surface area contributed by atoms with Crippen LogP contribution in [-0.4, -0.2) is 43.6 Å². The van der Waals surface area contributed by atoms with Crippen LogP contribution in [0.15, 0.2) is 51.9 Å². The first kappa shape index (κ1) is 22.7. The van der Waals surface area contributed by atoms with Crippen molar-refractivity contribution in [2.24, 2.45) is 5.92 Å². The van der Waals surface area contributed by atoms with Crippen molar-refractivity contribution in [2.75, 3.05) is 20.8 Å². The van der Waals surface area contributed by atoms with E-state index < -0.39 is 15.8 Å². The Kier molecular flexibility index (Phi) is 6.91. The molecule has 0 aliphatic heterocycles. The average Bonchev–Trinajstić information content (AvgIpc) is 3.21.